The van der Waals surface area contributed by atoms with E-state index in [0.29, 0.717) is 17.6 Å². The zero-order valence-corrected chi connectivity index (χ0v) is 17.6. The van der Waals surface area contributed by atoms with Gasteiger partial charge in [-0.15, -0.1) is 0 Å². The van der Waals surface area contributed by atoms with Crippen molar-refractivity contribution in [3.63, 3.8) is 0 Å². The highest BCUT2D eigenvalue weighted by Gasteiger charge is 2.31. The van der Waals surface area contributed by atoms with Gasteiger partial charge in [0.2, 0.25) is 0 Å². The summed E-state index contributed by atoms with van der Waals surface area (Å²) in [5, 5.41) is 18.9. The Morgan fingerprint density at radius 2 is 1.70 bits per heavy atom. The minimum Gasteiger partial charge on any atom is -0.481 e. The Bertz CT molecular complexity index is 419. The maximum atomic E-state index is 12.4. The smallest absolute Gasteiger partial charge is 0.303 e. The number of unbranched alkanes of at least 4 members (excludes halogenated alkanes) is 4. The molecule has 0 spiro atoms. The maximum absolute atomic E-state index is 12.4. The van der Waals surface area contributed by atoms with Crippen LogP contribution in [0.15, 0.2) is 0 Å². The lowest BCUT2D eigenvalue weighted by Gasteiger charge is -2.31. The molecule has 158 valence electrons. The van der Waals surface area contributed by atoms with Crippen LogP contribution in [0.25, 0.3) is 0 Å². The molecule has 1 rings (SSSR count). The van der Waals surface area contributed by atoms with Gasteiger partial charge < -0.3 is 10.2 Å². The third-order valence-electron chi connectivity index (χ3n) is 6.08. The molecule has 1 aliphatic carbocycles. The number of hydrogen-bond acceptors (Lipinski definition) is 3. The van der Waals surface area contributed by atoms with Crippen LogP contribution in [-0.2, 0) is 9.59 Å². The lowest BCUT2D eigenvalue weighted by atomic mass is 9.73. The predicted octanol–water partition coefficient (Wildman–Crippen LogP) is 5.75. The highest BCUT2D eigenvalue weighted by atomic mass is 16.4. The number of hydrogen-bond donors (Lipinski definition) is 2. The van der Waals surface area contributed by atoms with Crippen molar-refractivity contribution in [3.8, 4) is 0 Å². The van der Waals surface area contributed by atoms with Crippen molar-refractivity contribution in [3.05, 3.63) is 0 Å². The number of carboxylic acid groups (broad SMARTS) is 1. The number of aliphatic carboxylic acids is 1. The first kappa shape index (κ1) is 24.1. The van der Waals surface area contributed by atoms with Crippen LogP contribution < -0.4 is 0 Å². The first-order valence-corrected chi connectivity index (χ1v) is 11.3. The van der Waals surface area contributed by atoms with Gasteiger partial charge in [-0.2, -0.15) is 0 Å². The van der Waals surface area contributed by atoms with Gasteiger partial charge in [-0.25, -0.2) is 0 Å². The molecule has 1 aliphatic rings. The third kappa shape index (κ3) is 11.5. The summed E-state index contributed by atoms with van der Waals surface area (Å²) in [6.07, 6.45) is 13.8. The fraction of sp³-hybridized carbons (Fsp3) is 0.913. The summed E-state index contributed by atoms with van der Waals surface area (Å²) in [5.41, 5.74) is 0. The Morgan fingerprint density at radius 3 is 2.41 bits per heavy atom. The summed E-state index contributed by atoms with van der Waals surface area (Å²) in [4.78, 5) is 22.9. The molecule has 2 N–H and O–H groups in total. The number of carboxylic acids is 1. The van der Waals surface area contributed by atoms with Crippen molar-refractivity contribution < 1.29 is 19.8 Å². The monoisotopic (exact) mass is 382 g/mol. The molecular formula is C23H42O4. The topological polar surface area (TPSA) is 74.6 Å². The number of ketones is 1. The van der Waals surface area contributed by atoms with Crippen LogP contribution in [0, 0.1) is 17.8 Å². The fourth-order valence-electron chi connectivity index (χ4n) is 4.41. The molecule has 27 heavy (non-hydrogen) atoms. The van der Waals surface area contributed by atoms with Crippen LogP contribution in [0.4, 0.5) is 0 Å². The minimum absolute atomic E-state index is 0.195. The van der Waals surface area contributed by atoms with E-state index < -0.39 is 5.97 Å². The number of carbonyl (C=O) groups is 2. The highest BCUT2D eigenvalue weighted by Crippen LogP contribution is 2.35. The molecule has 3 atom stereocenters. The molecule has 2 unspecified atom stereocenters. The minimum atomic E-state index is -0.711. The molecule has 0 aromatic heterocycles. The first-order chi connectivity index (χ1) is 12.9. The lowest BCUT2D eigenvalue weighted by molar-refractivity contribution is -0.137. The maximum Gasteiger partial charge on any atom is 0.303 e. The van der Waals surface area contributed by atoms with Crippen LogP contribution >= 0.6 is 0 Å². The van der Waals surface area contributed by atoms with Crippen molar-refractivity contribution in [2.75, 3.05) is 0 Å². The van der Waals surface area contributed by atoms with Gasteiger partial charge >= 0.3 is 5.97 Å². The van der Waals surface area contributed by atoms with Crippen molar-refractivity contribution in [1.82, 2.24) is 0 Å². The molecule has 1 saturated carbocycles. The summed E-state index contributed by atoms with van der Waals surface area (Å²) in [7, 11) is 0. The quantitative estimate of drug-likeness (QED) is 0.353. The average molecular weight is 383 g/mol. The molecule has 0 aromatic carbocycles. The number of carbonyl (C=O) groups excluding carboxylic acids is 1. The van der Waals surface area contributed by atoms with E-state index in [0.717, 1.165) is 83.5 Å². The predicted molar refractivity (Wildman–Crippen MR) is 110 cm³/mol. The molecule has 0 amide bonds. The molecule has 4 nitrogen and oxygen atoms in total. The Morgan fingerprint density at radius 1 is 1.00 bits per heavy atom. The van der Waals surface area contributed by atoms with Gasteiger partial charge in [0.15, 0.2) is 0 Å². The van der Waals surface area contributed by atoms with Gasteiger partial charge in [0.25, 0.3) is 0 Å². The van der Waals surface area contributed by atoms with Crippen LogP contribution in [0.5, 0.6) is 0 Å². The summed E-state index contributed by atoms with van der Waals surface area (Å²) in [6, 6.07) is 0. The van der Waals surface area contributed by atoms with Crippen molar-refractivity contribution in [2.45, 2.75) is 116 Å². The number of aliphatic hydroxyl groups excluding tert-OH is 1. The summed E-state index contributed by atoms with van der Waals surface area (Å²) in [6.45, 7) is 4.44. The third-order valence-corrected chi connectivity index (χ3v) is 6.08. The second kappa shape index (κ2) is 14.1. The number of aliphatic hydroxyl groups is 1. The Hall–Kier alpha value is -0.900. The van der Waals surface area contributed by atoms with Gasteiger partial charge in [-0.3, -0.25) is 9.59 Å². The van der Waals surface area contributed by atoms with Gasteiger partial charge in [-0.1, -0.05) is 52.4 Å². The number of Topliss-reactive ketones (excluding diaryl/α,β-unsaturated/α-hetero) is 1. The Labute approximate surface area is 166 Å². The zero-order valence-electron chi connectivity index (χ0n) is 17.6. The van der Waals surface area contributed by atoms with Gasteiger partial charge in [-0.05, 0) is 56.8 Å². The number of rotatable bonds is 15. The van der Waals surface area contributed by atoms with Crippen molar-refractivity contribution in [1.29, 1.82) is 0 Å². The Balaban J connectivity index is 2.24. The largest absolute Gasteiger partial charge is 0.481 e. The van der Waals surface area contributed by atoms with Gasteiger partial charge in [0.1, 0.15) is 5.78 Å². The SMILES string of the molecule is CC(C)CCCC(O)CC[C@H]1CCCC(=O)C1CCCCCCCC(=O)O. The molecule has 4 heteroatoms. The van der Waals surface area contributed by atoms with Crippen molar-refractivity contribution >= 4 is 11.8 Å². The van der Waals surface area contributed by atoms with Gasteiger partial charge in [0.05, 0.1) is 6.10 Å². The van der Waals surface area contributed by atoms with E-state index in [1.807, 2.05) is 0 Å². The fourth-order valence-corrected chi connectivity index (χ4v) is 4.41. The van der Waals surface area contributed by atoms with Crippen LogP contribution in [0.1, 0.15) is 110 Å². The normalized spacial score (nSPS) is 21.6. The Kier molecular flexibility index (Phi) is 12.6. The molecule has 0 bridgehead atoms. The first-order valence-electron chi connectivity index (χ1n) is 11.3. The van der Waals surface area contributed by atoms with Crippen LogP contribution in [0.2, 0.25) is 0 Å². The van der Waals surface area contributed by atoms with E-state index in [9.17, 15) is 14.7 Å². The summed E-state index contributed by atoms with van der Waals surface area (Å²) in [5.74, 6) is 1.07. The van der Waals surface area contributed by atoms with E-state index in [1.54, 1.807) is 0 Å². The molecule has 0 heterocycles. The van der Waals surface area contributed by atoms with Crippen LogP contribution in [0.3, 0.4) is 0 Å². The van der Waals surface area contributed by atoms with E-state index in [4.69, 9.17) is 5.11 Å². The lowest BCUT2D eigenvalue weighted by Crippen LogP contribution is -2.29. The van der Waals surface area contributed by atoms with E-state index >= 15 is 0 Å². The molecule has 0 aromatic rings. The molecule has 0 radical (unpaired) electrons. The average Bonchev–Trinajstić information content (AvgIpc) is 2.60. The molecule has 0 aliphatic heterocycles. The zero-order chi connectivity index (χ0) is 20.1. The van der Waals surface area contributed by atoms with Gasteiger partial charge in [0, 0.05) is 18.8 Å². The summed E-state index contributed by atoms with van der Waals surface area (Å²) >= 11 is 0. The standard InChI is InChI=1S/C23H42O4/c1-18(2)10-8-12-20(24)17-16-19-11-9-14-22(25)21(19)13-6-4-3-5-7-15-23(26)27/h18-21,24H,3-17H2,1-2H3,(H,26,27)/t19-,20?,21?/m1/s1. The molecular weight excluding hydrogens is 340 g/mol. The summed E-state index contributed by atoms with van der Waals surface area (Å²) < 4.78 is 0. The second-order valence-corrected chi connectivity index (χ2v) is 8.98. The van der Waals surface area contributed by atoms with Crippen LogP contribution in [-0.4, -0.2) is 28.1 Å². The molecule has 1 fully saturated rings. The highest BCUT2D eigenvalue weighted by molar-refractivity contribution is 5.81. The van der Waals surface area contributed by atoms with E-state index in [-0.39, 0.29) is 18.4 Å². The second-order valence-electron chi connectivity index (χ2n) is 8.98. The van der Waals surface area contributed by atoms with Crippen molar-refractivity contribution in [2.24, 2.45) is 17.8 Å². The van der Waals surface area contributed by atoms with E-state index in [1.165, 1.54) is 6.42 Å². The van der Waals surface area contributed by atoms with E-state index in [2.05, 4.69) is 13.8 Å². The molecule has 0 saturated heterocycles.